The van der Waals surface area contributed by atoms with Crippen LogP contribution in [0, 0.1) is 0 Å². The van der Waals surface area contributed by atoms with Crippen molar-refractivity contribution in [1.29, 1.82) is 0 Å². The topological polar surface area (TPSA) is 44.8 Å². The van der Waals surface area contributed by atoms with Gasteiger partial charge in [0.15, 0.2) is 11.5 Å². The van der Waals surface area contributed by atoms with Crippen molar-refractivity contribution < 1.29 is 32.2 Å². The number of alkyl halides is 3. The van der Waals surface area contributed by atoms with Gasteiger partial charge in [0.2, 0.25) is 0 Å². The number of ether oxygens (including phenoxy) is 3. The summed E-state index contributed by atoms with van der Waals surface area (Å²) in [7, 11) is 8.27. The predicted molar refractivity (Wildman–Crippen MR) is 89.7 cm³/mol. The fourth-order valence-electron chi connectivity index (χ4n) is 2.28. The van der Waals surface area contributed by atoms with Crippen LogP contribution in [0.3, 0.4) is 0 Å². The largest absolute Gasteiger partial charge is 0.493 e. The van der Waals surface area contributed by atoms with E-state index in [0.29, 0.717) is 11.3 Å². The van der Waals surface area contributed by atoms with E-state index in [-0.39, 0.29) is 29.8 Å². The highest BCUT2D eigenvalue weighted by Crippen LogP contribution is 2.37. The Hall–Kier alpha value is -2.64. The summed E-state index contributed by atoms with van der Waals surface area (Å²) in [5.41, 5.74) is -0.00850. The molecule has 4 nitrogen and oxygen atoms in total. The van der Waals surface area contributed by atoms with Gasteiger partial charge in [-0.2, -0.15) is 13.2 Å². The van der Waals surface area contributed by atoms with Gasteiger partial charge in [-0.1, -0.05) is 12.4 Å². The molecule has 0 aliphatic rings. The number of halogens is 3. The van der Waals surface area contributed by atoms with Crippen molar-refractivity contribution in [2.75, 3.05) is 14.2 Å². The lowest BCUT2D eigenvalue weighted by atomic mass is 9.94. The third-order valence-electron chi connectivity index (χ3n) is 3.63. The molecule has 8 heteroatoms. The Balaban J connectivity index is 2.37. The van der Waals surface area contributed by atoms with E-state index >= 15 is 0 Å². The smallest absolute Gasteiger partial charge is 0.416 e. The molecule has 0 amide bonds. The molecule has 2 rings (SSSR count). The maximum absolute atomic E-state index is 12.8. The zero-order chi connectivity index (χ0) is 19.3. The average molecular weight is 364 g/mol. The molecule has 26 heavy (non-hydrogen) atoms. The summed E-state index contributed by atoms with van der Waals surface area (Å²) in [5.74, 6) is 0.358. The number of carbonyl (C=O) groups is 1. The van der Waals surface area contributed by atoms with Gasteiger partial charge in [-0.25, -0.2) is 0 Å². The second kappa shape index (κ2) is 8.16. The molecular weight excluding hydrogens is 348 g/mol. The van der Waals surface area contributed by atoms with E-state index in [1.165, 1.54) is 20.3 Å². The molecule has 0 aliphatic heterocycles. The molecule has 0 aromatic heterocycles. The summed E-state index contributed by atoms with van der Waals surface area (Å²) in [4.78, 5) is 11.4. The highest BCUT2D eigenvalue weighted by molar-refractivity contribution is 6.08. The van der Waals surface area contributed by atoms with Crippen LogP contribution in [0.5, 0.6) is 17.2 Å². The Kier molecular flexibility index (Phi) is 6.18. The molecule has 0 saturated heterocycles. The molecule has 0 aliphatic carbocycles. The Morgan fingerprint density at radius 2 is 1.73 bits per heavy atom. The molecule has 0 unspecified atom stereocenters. The monoisotopic (exact) mass is 364 g/mol. The van der Waals surface area contributed by atoms with Crippen molar-refractivity contribution in [2.45, 2.75) is 18.9 Å². The van der Waals surface area contributed by atoms with Crippen LogP contribution in [0.15, 0.2) is 36.4 Å². The molecule has 136 valence electrons. The molecule has 0 spiro atoms. The van der Waals surface area contributed by atoms with Gasteiger partial charge < -0.3 is 14.2 Å². The minimum atomic E-state index is -4.47. The van der Waals surface area contributed by atoms with E-state index in [1.807, 2.05) is 0 Å². The van der Waals surface area contributed by atoms with Gasteiger partial charge in [0, 0.05) is 0 Å². The summed E-state index contributed by atoms with van der Waals surface area (Å²) in [5, 5.41) is 0. The fraction of sp³-hybridized carbons (Fsp3) is 0.278. The first-order valence-electron chi connectivity index (χ1n) is 7.60. The molecular formula is C18H16BF3O4. The van der Waals surface area contributed by atoms with Crippen molar-refractivity contribution in [2.24, 2.45) is 0 Å². The number of hydrogen-bond acceptors (Lipinski definition) is 4. The molecule has 0 atom stereocenters. The number of benzene rings is 2. The van der Waals surface area contributed by atoms with Gasteiger partial charge in [0.1, 0.15) is 5.75 Å². The van der Waals surface area contributed by atoms with E-state index in [9.17, 15) is 18.0 Å². The zero-order valence-electron chi connectivity index (χ0n) is 14.2. The van der Waals surface area contributed by atoms with Gasteiger partial charge >= 0.3 is 12.1 Å². The maximum atomic E-state index is 12.8. The van der Waals surface area contributed by atoms with Gasteiger partial charge in [-0.05, 0) is 41.5 Å². The van der Waals surface area contributed by atoms with Gasteiger partial charge in [-0.3, -0.25) is 4.79 Å². The van der Waals surface area contributed by atoms with Crippen LogP contribution in [0.2, 0.25) is 0 Å². The number of rotatable bonds is 6. The second-order valence-corrected chi connectivity index (χ2v) is 5.36. The van der Waals surface area contributed by atoms with E-state index in [4.69, 9.17) is 17.3 Å². The minimum absolute atomic E-state index is 0.0214. The van der Waals surface area contributed by atoms with E-state index in [2.05, 4.69) is 4.74 Å². The highest BCUT2D eigenvalue weighted by atomic mass is 19.4. The van der Waals surface area contributed by atoms with Crippen molar-refractivity contribution in [3.8, 4) is 17.2 Å². The van der Waals surface area contributed by atoms with E-state index in [1.54, 1.807) is 18.2 Å². The number of esters is 1. The molecule has 0 heterocycles. The Bertz CT molecular complexity index is 790. The van der Waals surface area contributed by atoms with Gasteiger partial charge in [0.25, 0.3) is 0 Å². The third kappa shape index (κ3) is 4.71. The van der Waals surface area contributed by atoms with Crippen LogP contribution in [0.4, 0.5) is 13.2 Å². The molecule has 0 fully saturated rings. The second-order valence-electron chi connectivity index (χ2n) is 5.36. The summed E-state index contributed by atoms with van der Waals surface area (Å²) in [6, 6.07) is 7.89. The molecule has 0 N–H and O–H groups in total. The lowest BCUT2D eigenvalue weighted by Crippen LogP contribution is -2.07. The van der Waals surface area contributed by atoms with Crippen molar-refractivity contribution in [1.82, 2.24) is 0 Å². The van der Waals surface area contributed by atoms with Crippen LogP contribution >= 0.6 is 0 Å². The Labute approximate surface area is 150 Å². The first-order valence-corrected chi connectivity index (χ1v) is 7.60. The van der Waals surface area contributed by atoms with Crippen molar-refractivity contribution in [3.05, 3.63) is 53.1 Å². The first-order chi connectivity index (χ1) is 12.3. The van der Waals surface area contributed by atoms with Crippen LogP contribution < -0.4 is 9.47 Å². The third-order valence-corrected chi connectivity index (χ3v) is 3.63. The minimum Gasteiger partial charge on any atom is -0.493 e. The predicted octanol–water partition coefficient (Wildman–Crippen LogP) is 3.89. The SMILES string of the molecule is [B]Cc1cc(C(F)(F)F)ccc1Oc1cc(CC(=O)OC)ccc1OC. The maximum Gasteiger partial charge on any atom is 0.416 e. The first kappa shape index (κ1) is 19.7. The zero-order valence-corrected chi connectivity index (χ0v) is 14.2. The lowest BCUT2D eigenvalue weighted by Gasteiger charge is -2.16. The Morgan fingerprint density at radius 3 is 2.31 bits per heavy atom. The summed E-state index contributed by atoms with van der Waals surface area (Å²) in [6.45, 7) is 0. The normalized spacial score (nSPS) is 11.1. The molecule has 0 bridgehead atoms. The highest BCUT2D eigenvalue weighted by Gasteiger charge is 2.31. The van der Waals surface area contributed by atoms with E-state index < -0.39 is 17.7 Å². The quantitative estimate of drug-likeness (QED) is 0.576. The molecule has 0 saturated carbocycles. The fourth-order valence-corrected chi connectivity index (χ4v) is 2.28. The Morgan fingerprint density at radius 1 is 1.04 bits per heavy atom. The standard InChI is InChI=1S/C18H16BF3O4/c1-24-15-5-3-11(8-17(23)25-2)7-16(15)26-14-6-4-13(18(20,21)22)9-12(14)10-19/h3-7,9H,8,10H2,1-2H3. The molecule has 2 radical (unpaired) electrons. The van der Waals surface area contributed by atoms with Gasteiger partial charge in [-0.15, -0.1) is 0 Å². The molecule has 2 aromatic rings. The van der Waals surface area contributed by atoms with Crippen LogP contribution in [-0.2, 0) is 28.4 Å². The number of methoxy groups -OCH3 is 2. The van der Waals surface area contributed by atoms with Crippen LogP contribution in [0.25, 0.3) is 0 Å². The summed E-state index contributed by atoms with van der Waals surface area (Å²) in [6.07, 6.45) is -4.59. The summed E-state index contributed by atoms with van der Waals surface area (Å²) < 4.78 is 54.1. The van der Waals surface area contributed by atoms with Crippen LogP contribution in [-0.4, -0.2) is 28.0 Å². The van der Waals surface area contributed by atoms with E-state index in [0.717, 1.165) is 12.1 Å². The number of hydrogen-bond donors (Lipinski definition) is 0. The number of carbonyl (C=O) groups excluding carboxylic acids is 1. The average Bonchev–Trinajstić information content (AvgIpc) is 2.61. The van der Waals surface area contributed by atoms with Gasteiger partial charge in [0.05, 0.1) is 34.1 Å². The van der Waals surface area contributed by atoms with Crippen molar-refractivity contribution in [3.63, 3.8) is 0 Å². The van der Waals surface area contributed by atoms with Crippen LogP contribution in [0.1, 0.15) is 16.7 Å². The lowest BCUT2D eigenvalue weighted by molar-refractivity contribution is -0.140. The molecule has 2 aromatic carbocycles. The summed E-state index contributed by atoms with van der Waals surface area (Å²) >= 11 is 0. The van der Waals surface area contributed by atoms with Crippen molar-refractivity contribution >= 4 is 13.8 Å².